The van der Waals surface area contributed by atoms with E-state index >= 15 is 0 Å². The van der Waals surface area contributed by atoms with Crippen LogP contribution in [-0.4, -0.2) is 22.5 Å². The van der Waals surface area contributed by atoms with E-state index in [1.165, 1.54) is 25.0 Å². The summed E-state index contributed by atoms with van der Waals surface area (Å²) >= 11 is 1.94. The van der Waals surface area contributed by atoms with Crippen molar-refractivity contribution >= 4 is 11.8 Å². The lowest BCUT2D eigenvalue weighted by atomic mass is 10.2. The van der Waals surface area contributed by atoms with Gasteiger partial charge in [-0.25, -0.2) is 0 Å². The summed E-state index contributed by atoms with van der Waals surface area (Å²) in [4.78, 5) is 0. The van der Waals surface area contributed by atoms with Gasteiger partial charge in [0.25, 0.3) is 0 Å². The first-order chi connectivity index (χ1) is 8.31. The molecule has 0 aliphatic carbocycles. The topological polar surface area (TPSA) is 51.0 Å². The molecule has 2 heterocycles. The summed E-state index contributed by atoms with van der Waals surface area (Å²) in [5, 5.41) is 12.1. The molecule has 0 radical (unpaired) electrons. The van der Waals surface area contributed by atoms with Gasteiger partial charge in [0, 0.05) is 0 Å². The van der Waals surface area contributed by atoms with Gasteiger partial charge in [0.1, 0.15) is 0 Å². The first-order valence-electron chi connectivity index (χ1n) is 6.49. The molecule has 1 N–H and O–H groups in total. The highest BCUT2D eigenvalue weighted by atomic mass is 32.2. The van der Waals surface area contributed by atoms with Crippen LogP contribution in [0.3, 0.4) is 0 Å². The average molecular weight is 255 g/mol. The number of hydrogen-bond donors (Lipinski definition) is 1. The van der Waals surface area contributed by atoms with Crippen LogP contribution in [0.15, 0.2) is 4.42 Å². The Bertz CT molecular complexity index is 336. The lowest BCUT2D eigenvalue weighted by Gasteiger charge is -2.17. The molecule has 5 heteroatoms. The molecule has 17 heavy (non-hydrogen) atoms. The van der Waals surface area contributed by atoms with Crippen LogP contribution in [0.25, 0.3) is 0 Å². The molecule has 0 saturated carbocycles. The number of thioether (sulfide) groups is 1. The monoisotopic (exact) mass is 255 g/mol. The SMILES string of the molecule is CCCNC(C)c1nnc(C2CCCCS2)o1. The zero-order chi connectivity index (χ0) is 12.1. The fourth-order valence-electron chi connectivity index (χ4n) is 1.94. The fraction of sp³-hybridized carbons (Fsp3) is 0.833. The molecular formula is C12H21N3OS. The minimum atomic E-state index is 0.157. The number of aromatic nitrogens is 2. The van der Waals surface area contributed by atoms with Crippen LogP contribution in [0, 0.1) is 0 Å². The van der Waals surface area contributed by atoms with E-state index in [4.69, 9.17) is 4.42 Å². The molecule has 1 aromatic rings. The minimum absolute atomic E-state index is 0.157. The second-order valence-corrected chi connectivity index (χ2v) is 5.82. The molecular weight excluding hydrogens is 234 g/mol. The van der Waals surface area contributed by atoms with E-state index in [0.717, 1.165) is 24.7 Å². The summed E-state index contributed by atoms with van der Waals surface area (Å²) in [6.07, 6.45) is 4.88. The van der Waals surface area contributed by atoms with Crippen LogP contribution < -0.4 is 5.32 Å². The highest BCUT2D eigenvalue weighted by molar-refractivity contribution is 7.99. The molecule has 96 valence electrons. The Labute approximate surface area is 107 Å². The van der Waals surface area contributed by atoms with Gasteiger partial charge in [0.05, 0.1) is 11.3 Å². The average Bonchev–Trinajstić information content (AvgIpc) is 2.86. The zero-order valence-corrected chi connectivity index (χ0v) is 11.4. The predicted molar refractivity (Wildman–Crippen MR) is 70.1 cm³/mol. The Hall–Kier alpha value is -0.550. The number of nitrogens with zero attached hydrogens (tertiary/aromatic N) is 2. The summed E-state index contributed by atoms with van der Waals surface area (Å²) in [5.74, 6) is 2.75. The van der Waals surface area contributed by atoms with Gasteiger partial charge >= 0.3 is 0 Å². The van der Waals surface area contributed by atoms with Crippen molar-refractivity contribution in [2.24, 2.45) is 0 Å². The van der Waals surface area contributed by atoms with Gasteiger partial charge < -0.3 is 9.73 Å². The van der Waals surface area contributed by atoms with Crippen molar-refractivity contribution in [3.8, 4) is 0 Å². The van der Waals surface area contributed by atoms with Crippen LogP contribution in [-0.2, 0) is 0 Å². The van der Waals surface area contributed by atoms with Gasteiger partial charge in [0.15, 0.2) is 0 Å². The maximum atomic E-state index is 5.78. The fourth-order valence-corrected chi connectivity index (χ4v) is 3.16. The largest absolute Gasteiger partial charge is 0.422 e. The van der Waals surface area contributed by atoms with Crippen LogP contribution >= 0.6 is 11.8 Å². The summed E-state index contributed by atoms with van der Waals surface area (Å²) in [6.45, 7) is 5.20. The molecule has 1 fully saturated rings. The number of hydrogen-bond acceptors (Lipinski definition) is 5. The lowest BCUT2D eigenvalue weighted by molar-refractivity contribution is 0.386. The van der Waals surface area contributed by atoms with Gasteiger partial charge in [-0.1, -0.05) is 13.3 Å². The van der Waals surface area contributed by atoms with Gasteiger partial charge in [0.2, 0.25) is 11.8 Å². The molecule has 4 nitrogen and oxygen atoms in total. The Morgan fingerprint density at radius 3 is 3.06 bits per heavy atom. The van der Waals surface area contributed by atoms with Gasteiger partial charge in [-0.2, -0.15) is 0 Å². The minimum Gasteiger partial charge on any atom is -0.422 e. The molecule has 2 rings (SSSR count). The molecule has 0 bridgehead atoms. The smallest absolute Gasteiger partial charge is 0.233 e. The molecule has 1 saturated heterocycles. The third-order valence-electron chi connectivity index (χ3n) is 2.98. The van der Waals surface area contributed by atoms with Gasteiger partial charge in [-0.05, 0) is 38.5 Å². The molecule has 0 amide bonds. The third-order valence-corrected chi connectivity index (χ3v) is 4.35. The van der Waals surface area contributed by atoms with E-state index in [1.807, 2.05) is 11.8 Å². The van der Waals surface area contributed by atoms with Crippen molar-refractivity contribution in [2.45, 2.75) is 50.8 Å². The lowest BCUT2D eigenvalue weighted by Crippen LogP contribution is -2.19. The van der Waals surface area contributed by atoms with Crippen molar-refractivity contribution in [3.63, 3.8) is 0 Å². The van der Waals surface area contributed by atoms with E-state index in [9.17, 15) is 0 Å². The molecule has 1 aromatic heterocycles. The maximum Gasteiger partial charge on any atom is 0.233 e. The van der Waals surface area contributed by atoms with Crippen LogP contribution in [0.4, 0.5) is 0 Å². The highest BCUT2D eigenvalue weighted by Gasteiger charge is 2.23. The van der Waals surface area contributed by atoms with Crippen molar-refractivity contribution in [3.05, 3.63) is 11.8 Å². The van der Waals surface area contributed by atoms with Crippen molar-refractivity contribution in [1.82, 2.24) is 15.5 Å². The van der Waals surface area contributed by atoms with Crippen molar-refractivity contribution < 1.29 is 4.42 Å². The predicted octanol–water partition coefficient (Wildman–Crippen LogP) is 3.09. The summed E-state index contributed by atoms with van der Waals surface area (Å²) in [5.41, 5.74) is 0. The van der Waals surface area contributed by atoms with E-state index in [0.29, 0.717) is 5.25 Å². The van der Waals surface area contributed by atoms with Gasteiger partial charge in [-0.3, -0.25) is 0 Å². The first kappa shape index (κ1) is 12.9. The summed E-state index contributed by atoms with van der Waals surface area (Å²) in [7, 11) is 0. The van der Waals surface area contributed by atoms with E-state index < -0.39 is 0 Å². The summed E-state index contributed by atoms with van der Waals surface area (Å²) < 4.78 is 5.78. The Morgan fingerprint density at radius 2 is 2.35 bits per heavy atom. The Kier molecular flexibility index (Phi) is 4.86. The Balaban J connectivity index is 1.94. The number of nitrogens with one attached hydrogen (secondary N) is 1. The number of rotatable bonds is 5. The van der Waals surface area contributed by atoms with E-state index in [-0.39, 0.29) is 6.04 Å². The third kappa shape index (κ3) is 3.45. The molecule has 0 aromatic carbocycles. The molecule has 1 aliphatic heterocycles. The van der Waals surface area contributed by atoms with Crippen molar-refractivity contribution in [2.75, 3.05) is 12.3 Å². The van der Waals surface area contributed by atoms with E-state index in [1.54, 1.807) is 0 Å². The Morgan fingerprint density at radius 1 is 1.47 bits per heavy atom. The second kappa shape index (κ2) is 6.40. The zero-order valence-electron chi connectivity index (χ0n) is 10.6. The summed E-state index contributed by atoms with van der Waals surface area (Å²) in [6, 6.07) is 0.157. The van der Waals surface area contributed by atoms with Crippen LogP contribution in [0.5, 0.6) is 0 Å². The van der Waals surface area contributed by atoms with Crippen LogP contribution in [0.1, 0.15) is 62.6 Å². The molecule has 2 atom stereocenters. The quantitative estimate of drug-likeness (QED) is 0.876. The van der Waals surface area contributed by atoms with Crippen LogP contribution in [0.2, 0.25) is 0 Å². The maximum absolute atomic E-state index is 5.78. The highest BCUT2D eigenvalue weighted by Crippen LogP contribution is 2.37. The van der Waals surface area contributed by atoms with Gasteiger partial charge in [-0.15, -0.1) is 22.0 Å². The molecule has 2 unspecified atom stereocenters. The molecule has 1 aliphatic rings. The normalized spacial score (nSPS) is 22.6. The molecule has 0 spiro atoms. The second-order valence-electron chi connectivity index (χ2n) is 4.51. The van der Waals surface area contributed by atoms with Crippen molar-refractivity contribution in [1.29, 1.82) is 0 Å². The van der Waals surface area contributed by atoms with E-state index in [2.05, 4.69) is 29.4 Å². The standard InChI is InChI=1S/C12H21N3OS/c1-3-7-13-9(2)11-14-15-12(16-11)10-6-4-5-8-17-10/h9-10,13H,3-8H2,1-2H3. The first-order valence-corrected chi connectivity index (χ1v) is 7.54.